The number of fused-ring (bicyclic) bond motifs is 5. The third kappa shape index (κ3) is 2.20. The summed E-state index contributed by atoms with van der Waals surface area (Å²) in [5.41, 5.74) is -1.70. The zero-order valence-electron chi connectivity index (χ0n) is 13.0. The van der Waals surface area contributed by atoms with Crippen LogP contribution in [-0.4, -0.2) is 29.4 Å². The highest BCUT2D eigenvalue weighted by molar-refractivity contribution is 7.12. The number of carbonyl (C=O) groups excluding carboxylic acids is 1. The Bertz CT molecular complexity index is 689. The average molecular weight is 362 g/mol. The number of ether oxygens (including phenoxy) is 2. The molecule has 2 aromatic heterocycles. The van der Waals surface area contributed by atoms with Crippen molar-refractivity contribution in [2.24, 2.45) is 11.8 Å². The lowest BCUT2D eigenvalue weighted by Gasteiger charge is -2.32. The van der Waals surface area contributed by atoms with Crippen LogP contribution >= 0.6 is 22.7 Å². The lowest BCUT2D eigenvalue weighted by atomic mass is 9.85. The van der Waals surface area contributed by atoms with Gasteiger partial charge in [0.25, 0.3) is 0 Å². The van der Waals surface area contributed by atoms with Gasteiger partial charge in [-0.1, -0.05) is 12.1 Å². The highest BCUT2D eigenvalue weighted by Crippen LogP contribution is 2.54. The average Bonchev–Trinajstić information content (AvgIpc) is 2.99. The summed E-state index contributed by atoms with van der Waals surface area (Å²) in [5, 5.41) is 15.0. The first-order valence-electron chi connectivity index (χ1n) is 8.33. The van der Waals surface area contributed by atoms with Crippen LogP contribution in [-0.2, 0) is 19.9 Å². The normalized spacial score (nSPS) is 34.0. The van der Waals surface area contributed by atoms with Gasteiger partial charge in [-0.25, -0.2) is 4.79 Å². The molecule has 1 saturated heterocycles. The van der Waals surface area contributed by atoms with Crippen molar-refractivity contribution in [1.82, 2.24) is 0 Å². The fourth-order valence-electron chi connectivity index (χ4n) is 4.41. The summed E-state index contributed by atoms with van der Waals surface area (Å²) in [6.45, 7) is 0. The van der Waals surface area contributed by atoms with Gasteiger partial charge in [-0.05, 0) is 54.0 Å². The summed E-state index contributed by atoms with van der Waals surface area (Å²) in [7, 11) is 0. The zero-order valence-corrected chi connectivity index (χ0v) is 14.6. The fraction of sp³-hybridized carbons (Fsp3) is 0.500. The van der Waals surface area contributed by atoms with Crippen molar-refractivity contribution >= 4 is 28.6 Å². The minimum absolute atomic E-state index is 0.107. The van der Waals surface area contributed by atoms with Crippen LogP contribution in [0.1, 0.15) is 29.0 Å². The fourth-order valence-corrected chi connectivity index (χ4v) is 6.12. The van der Waals surface area contributed by atoms with Crippen LogP contribution in [0.2, 0.25) is 0 Å². The molecule has 6 heteroatoms. The molecule has 5 atom stereocenters. The topological polar surface area (TPSA) is 59.1 Å². The second-order valence-electron chi connectivity index (χ2n) is 6.98. The van der Waals surface area contributed by atoms with Crippen LogP contribution in [0.25, 0.3) is 0 Å². The molecular weight excluding hydrogens is 344 g/mol. The van der Waals surface area contributed by atoms with E-state index >= 15 is 0 Å². The lowest BCUT2D eigenvalue weighted by Crippen LogP contribution is -2.40. The van der Waals surface area contributed by atoms with Crippen molar-refractivity contribution in [3.05, 3.63) is 44.8 Å². The quantitative estimate of drug-likeness (QED) is 0.670. The lowest BCUT2D eigenvalue weighted by molar-refractivity contribution is -0.170. The molecule has 1 aliphatic heterocycles. The molecule has 24 heavy (non-hydrogen) atoms. The smallest absolute Gasteiger partial charge is 0.349 e. The largest absolute Gasteiger partial charge is 0.460 e. The summed E-state index contributed by atoms with van der Waals surface area (Å²) in [5.74, 6) is 0.486. The molecule has 1 N–H and O–H groups in total. The van der Waals surface area contributed by atoms with E-state index in [0.29, 0.717) is 33.8 Å². The summed E-state index contributed by atoms with van der Waals surface area (Å²) in [6.07, 6.45) is 3.59. The molecule has 4 nitrogen and oxygen atoms in total. The summed E-state index contributed by atoms with van der Waals surface area (Å²) in [4.78, 5) is 14.2. The van der Waals surface area contributed by atoms with Gasteiger partial charge in [0, 0.05) is 0 Å². The van der Waals surface area contributed by atoms with E-state index in [1.807, 2.05) is 22.9 Å². The highest BCUT2D eigenvalue weighted by atomic mass is 32.1. The predicted molar refractivity (Wildman–Crippen MR) is 91.0 cm³/mol. The monoisotopic (exact) mass is 362 g/mol. The molecule has 2 aliphatic carbocycles. The van der Waals surface area contributed by atoms with Crippen LogP contribution < -0.4 is 0 Å². The molecule has 3 fully saturated rings. The van der Waals surface area contributed by atoms with Crippen LogP contribution in [0.4, 0.5) is 0 Å². The predicted octanol–water partition coefficient (Wildman–Crippen LogP) is 3.15. The maximum Gasteiger partial charge on any atom is 0.349 e. The van der Waals surface area contributed by atoms with Crippen molar-refractivity contribution in [2.45, 2.75) is 43.2 Å². The van der Waals surface area contributed by atoms with E-state index < -0.39 is 11.6 Å². The Labute approximate surface area is 148 Å². The van der Waals surface area contributed by atoms with Gasteiger partial charge >= 0.3 is 5.97 Å². The van der Waals surface area contributed by atoms with Crippen LogP contribution in [0.5, 0.6) is 0 Å². The van der Waals surface area contributed by atoms with E-state index in [1.165, 1.54) is 29.1 Å². The highest BCUT2D eigenvalue weighted by Gasteiger charge is 2.60. The van der Waals surface area contributed by atoms with Crippen molar-refractivity contribution < 1.29 is 19.4 Å². The first kappa shape index (κ1) is 15.1. The molecule has 2 aromatic rings. The molecule has 126 valence electrons. The maximum atomic E-state index is 13.0. The first-order chi connectivity index (χ1) is 11.7. The summed E-state index contributed by atoms with van der Waals surface area (Å²) < 4.78 is 11.5. The van der Waals surface area contributed by atoms with Crippen LogP contribution in [0.15, 0.2) is 35.0 Å². The Morgan fingerprint density at radius 1 is 1.08 bits per heavy atom. The van der Waals surface area contributed by atoms with Gasteiger partial charge in [-0.2, -0.15) is 0 Å². The number of aliphatic hydroxyl groups is 1. The van der Waals surface area contributed by atoms with Gasteiger partial charge in [0.05, 0.1) is 22.0 Å². The van der Waals surface area contributed by atoms with E-state index in [-0.39, 0.29) is 6.10 Å². The van der Waals surface area contributed by atoms with E-state index in [4.69, 9.17) is 9.47 Å². The molecule has 3 aliphatic rings. The van der Waals surface area contributed by atoms with E-state index in [0.717, 1.165) is 12.8 Å². The summed E-state index contributed by atoms with van der Waals surface area (Å²) >= 11 is 2.75. The van der Waals surface area contributed by atoms with E-state index in [9.17, 15) is 9.90 Å². The Morgan fingerprint density at radius 2 is 1.67 bits per heavy atom. The van der Waals surface area contributed by atoms with Gasteiger partial charge in [0.2, 0.25) is 5.60 Å². The minimum atomic E-state index is -1.70. The molecule has 0 spiro atoms. The molecular formula is C18H18O4S2. The number of esters is 1. The maximum absolute atomic E-state index is 13.0. The molecule has 2 bridgehead atoms. The number of rotatable bonds is 4. The van der Waals surface area contributed by atoms with Crippen molar-refractivity contribution in [1.29, 1.82) is 0 Å². The number of thiophene rings is 2. The second-order valence-corrected chi connectivity index (χ2v) is 8.88. The molecule has 2 saturated carbocycles. The minimum Gasteiger partial charge on any atom is -0.460 e. The molecule has 3 heterocycles. The first-order valence-corrected chi connectivity index (χ1v) is 10.1. The standard InChI is InChI=1S/C18H18O4S2/c19-17(21-12-8-10-7-11(9-12)16-15(10)22-16)18(20,13-3-1-5-23-13)14-4-2-6-24-14/h1-6,10-12,15-16,20H,7-9H2/t10-,11+,12-,15-,16+. The molecule has 0 amide bonds. The van der Waals surface area contributed by atoms with Gasteiger partial charge in [0.1, 0.15) is 6.10 Å². The molecule has 0 unspecified atom stereocenters. The number of epoxide rings is 1. The van der Waals surface area contributed by atoms with Gasteiger partial charge in [-0.3, -0.25) is 0 Å². The SMILES string of the molecule is O=C(O[C@@H]1C[C@H]2C[C@@H](C1)[C@@H]1O[C@H]21)C(O)(c1cccs1)c1cccs1. The second kappa shape index (κ2) is 5.39. The van der Waals surface area contributed by atoms with Gasteiger partial charge in [0.15, 0.2) is 0 Å². The Hall–Kier alpha value is -1.21. The van der Waals surface area contributed by atoms with Crippen molar-refractivity contribution in [3.63, 3.8) is 0 Å². The van der Waals surface area contributed by atoms with Crippen LogP contribution in [0, 0.1) is 11.8 Å². The van der Waals surface area contributed by atoms with E-state index in [2.05, 4.69) is 0 Å². The Kier molecular flexibility index (Phi) is 3.39. The van der Waals surface area contributed by atoms with Crippen molar-refractivity contribution in [2.75, 3.05) is 0 Å². The number of hydrogen-bond acceptors (Lipinski definition) is 6. The number of hydrogen-bond donors (Lipinski definition) is 1. The molecule has 0 radical (unpaired) electrons. The van der Waals surface area contributed by atoms with Crippen LogP contribution in [0.3, 0.4) is 0 Å². The van der Waals surface area contributed by atoms with Gasteiger partial charge < -0.3 is 14.6 Å². The van der Waals surface area contributed by atoms with E-state index in [1.54, 1.807) is 12.1 Å². The van der Waals surface area contributed by atoms with Crippen molar-refractivity contribution in [3.8, 4) is 0 Å². The summed E-state index contributed by atoms with van der Waals surface area (Å²) in [6, 6.07) is 7.27. The molecule has 0 aromatic carbocycles. The Balaban J connectivity index is 1.39. The van der Waals surface area contributed by atoms with Gasteiger partial charge in [-0.15, -0.1) is 22.7 Å². The Morgan fingerprint density at radius 3 is 2.17 bits per heavy atom. The zero-order chi connectivity index (χ0) is 16.3. The number of carbonyl (C=O) groups is 1. The third-order valence-corrected chi connectivity index (χ3v) is 7.51. The third-order valence-electron chi connectivity index (χ3n) is 5.55. The molecule has 5 rings (SSSR count).